The number of aliphatic carboxylic acids is 1. The number of likely N-dealkylation sites (tertiary alicyclic amines) is 1. The highest BCUT2D eigenvalue weighted by Crippen LogP contribution is 2.15. The molecule has 4 heteroatoms. The summed E-state index contributed by atoms with van der Waals surface area (Å²) in [4.78, 5) is 12.4. The molecule has 1 heterocycles. The number of hydrogen-bond acceptors (Lipinski definition) is 3. The van der Waals surface area contributed by atoms with Gasteiger partial charge in [-0.3, -0.25) is 4.90 Å². The van der Waals surface area contributed by atoms with Gasteiger partial charge in [0.25, 0.3) is 0 Å². The monoisotopic (exact) mass is 199 g/mol. The minimum absolute atomic E-state index is 0.168. The lowest BCUT2D eigenvalue weighted by Gasteiger charge is -2.33. The van der Waals surface area contributed by atoms with Crippen LogP contribution in [0.4, 0.5) is 0 Å². The van der Waals surface area contributed by atoms with Gasteiger partial charge in [0.05, 0.1) is 6.61 Å². The first-order chi connectivity index (χ1) is 6.74. The summed E-state index contributed by atoms with van der Waals surface area (Å²) >= 11 is 0. The van der Waals surface area contributed by atoms with E-state index in [-0.39, 0.29) is 12.6 Å². The normalized spacial score (nSPS) is 24.2. The molecule has 0 amide bonds. The molecule has 0 aromatic carbocycles. The van der Waals surface area contributed by atoms with Crippen molar-refractivity contribution in [1.29, 1.82) is 0 Å². The number of nitrogens with zero attached hydrogens (tertiary/aromatic N) is 1. The van der Waals surface area contributed by atoms with Crippen LogP contribution in [0.3, 0.4) is 0 Å². The van der Waals surface area contributed by atoms with E-state index in [2.05, 4.69) is 4.90 Å². The van der Waals surface area contributed by atoms with E-state index >= 15 is 0 Å². The number of aliphatic hydroxyl groups excluding tert-OH is 1. The molecule has 1 fully saturated rings. The van der Waals surface area contributed by atoms with E-state index < -0.39 is 5.97 Å². The quantitative estimate of drug-likeness (QED) is 0.646. The van der Waals surface area contributed by atoms with Crippen LogP contribution in [0.25, 0.3) is 0 Å². The van der Waals surface area contributed by atoms with E-state index in [1.165, 1.54) is 0 Å². The fourth-order valence-electron chi connectivity index (χ4n) is 1.80. The molecule has 1 atom stereocenters. The Morgan fingerprint density at radius 1 is 1.50 bits per heavy atom. The maximum Gasteiger partial charge on any atom is 0.328 e. The molecule has 0 bridgehead atoms. The molecule has 0 aromatic heterocycles. The number of carbonyl (C=O) groups is 1. The summed E-state index contributed by atoms with van der Waals surface area (Å²) in [7, 11) is 0. The summed E-state index contributed by atoms with van der Waals surface area (Å²) in [6.45, 7) is 1.74. The molecule has 0 aliphatic carbocycles. The zero-order valence-corrected chi connectivity index (χ0v) is 8.22. The maximum atomic E-state index is 10.2. The fourth-order valence-corrected chi connectivity index (χ4v) is 1.80. The van der Waals surface area contributed by atoms with Gasteiger partial charge in [0.2, 0.25) is 0 Å². The molecule has 0 radical (unpaired) electrons. The van der Waals surface area contributed by atoms with Gasteiger partial charge in [-0.25, -0.2) is 4.79 Å². The van der Waals surface area contributed by atoms with Crippen molar-refractivity contribution in [2.45, 2.75) is 25.3 Å². The third-order valence-corrected chi connectivity index (χ3v) is 2.56. The van der Waals surface area contributed by atoms with Gasteiger partial charge in [-0.2, -0.15) is 0 Å². The molecule has 1 unspecified atom stereocenters. The molecular formula is C10H17NO3. The summed E-state index contributed by atoms with van der Waals surface area (Å²) in [5.41, 5.74) is 0. The van der Waals surface area contributed by atoms with Crippen molar-refractivity contribution < 1.29 is 15.0 Å². The van der Waals surface area contributed by atoms with E-state index in [9.17, 15) is 4.79 Å². The van der Waals surface area contributed by atoms with Crippen LogP contribution in [0.1, 0.15) is 19.3 Å². The summed E-state index contributed by atoms with van der Waals surface area (Å²) in [5, 5.41) is 17.5. The molecule has 80 valence electrons. The second kappa shape index (κ2) is 5.78. The zero-order valence-electron chi connectivity index (χ0n) is 8.22. The number of piperidine rings is 1. The molecule has 0 spiro atoms. The number of carboxylic acids is 1. The minimum Gasteiger partial charge on any atom is -0.478 e. The van der Waals surface area contributed by atoms with Gasteiger partial charge >= 0.3 is 5.97 Å². The summed E-state index contributed by atoms with van der Waals surface area (Å²) in [5.74, 6) is -0.914. The number of rotatable bonds is 4. The highest BCUT2D eigenvalue weighted by Gasteiger charge is 2.19. The Morgan fingerprint density at radius 3 is 2.93 bits per heavy atom. The van der Waals surface area contributed by atoms with Gasteiger partial charge in [-0.15, -0.1) is 0 Å². The minimum atomic E-state index is -0.914. The van der Waals surface area contributed by atoms with Crippen molar-refractivity contribution >= 4 is 5.97 Å². The predicted molar refractivity (Wildman–Crippen MR) is 53.1 cm³/mol. The average Bonchev–Trinajstić information content (AvgIpc) is 2.18. The van der Waals surface area contributed by atoms with E-state index in [4.69, 9.17) is 10.2 Å². The third-order valence-electron chi connectivity index (χ3n) is 2.56. The standard InChI is InChI=1S/C10H17NO3/c12-8-9-4-1-2-6-11(9)7-3-5-10(13)14/h3,5,9,12H,1-2,4,6-8H2,(H,13,14)/b5-3+. The van der Waals surface area contributed by atoms with Gasteiger partial charge < -0.3 is 10.2 Å². The SMILES string of the molecule is O=C(O)/C=C/CN1CCCCC1CO. The molecule has 0 aromatic rings. The average molecular weight is 199 g/mol. The van der Waals surface area contributed by atoms with E-state index in [0.717, 1.165) is 31.9 Å². The molecule has 1 saturated heterocycles. The zero-order chi connectivity index (χ0) is 10.4. The lowest BCUT2D eigenvalue weighted by Crippen LogP contribution is -2.41. The Hall–Kier alpha value is -0.870. The van der Waals surface area contributed by atoms with Gasteiger partial charge in [-0.1, -0.05) is 12.5 Å². The Morgan fingerprint density at radius 2 is 2.29 bits per heavy atom. The molecule has 1 aliphatic rings. The topological polar surface area (TPSA) is 60.8 Å². The molecular weight excluding hydrogens is 182 g/mol. The summed E-state index contributed by atoms with van der Waals surface area (Å²) in [6.07, 6.45) is 6.10. The van der Waals surface area contributed by atoms with Crippen LogP contribution in [0.5, 0.6) is 0 Å². The van der Waals surface area contributed by atoms with Crippen molar-refractivity contribution in [3.8, 4) is 0 Å². The van der Waals surface area contributed by atoms with E-state index in [0.29, 0.717) is 6.54 Å². The van der Waals surface area contributed by atoms with Crippen molar-refractivity contribution in [2.24, 2.45) is 0 Å². The molecule has 1 rings (SSSR count). The van der Waals surface area contributed by atoms with Crippen LogP contribution in [0.2, 0.25) is 0 Å². The van der Waals surface area contributed by atoms with Crippen LogP contribution >= 0.6 is 0 Å². The summed E-state index contributed by atoms with van der Waals surface area (Å²) < 4.78 is 0. The first-order valence-corrected chi connectivity index (χ1v) is 4.98. The molecule has 14 heavy (non-hydrogen) atoms. The Balaban J connectivity index is 2.36. The smallest absolute Gasteiger partial charge is 0.328 e. The molecule has 4 nitrogen and oxygen atoms in total. The Bertz CT molecular complexity index is 215. The van der Waals surface area contributed by atoms with Crippen LogP contribution in [-0.2, 0) is 4.79 Å². The molecule has 2 N–H and O–H groups in total. The summed E-state index contributed by atoms with van der Waals surface area (Å²) in [6, 6.07) is 0.210. The van der Waals surface area contributed by atoms with Crippen LogP contribution in [0, 0.1) is 0 Å². The number of hydrogen-bond donors (Lipinski definition) is 2. The second-order valence-corrected chi connectivity index (χ2v) is 3.57. The van der Waals surface area contributed by atoms with Crippen molar-refractivity contribution in [3.63, 3.8) is 0 Å². The Kier molecular flexibility index (Phi) is 4.62. The number of aliphatic hydroxyl groups is 1. The first kappa shape index (κ1) is 11.2. The lowest BCUT2D eigenvalue weighted by molar-refractivity contribution is -0.131. The van der Waals surface area contributed by atoms with Crippen molar-refractivity contribution in [3.05, 3.63) is 12.2 Å². The number of carboxylic acid groups (broad SMARTS) is 1. The van der Waals surface area contributed by atoms with Crippen molar-refractivity contribution in [2.75, 3.05) is 19.7 Å². The lowest BCUT2D eigenvalue weighted by atomic mass is 10.0. The van der Waals surface area contributed by atoms with Crippen LogP contribution in [0.15, 0.2) is 12.2 Å². The third kappa shape index (κ3) is 3.47. The Labute approximate surface area is 83.8 Å². The maximum absolute atomic E-state index is 10.2. The first-order valence-electron chi connectivity index (χ1n) is 4.98. The molecule has 1 aliphatic heterocycles. The van der Waals surface area contributed by atoms with Gasteiger partial charge in [0.15, 0.2) is 0 Å². The highest BCUT2D eigenvalue weighted by atomic mass is 16.4. The van der Waals surface area contributed by atoms with E-state index in [1.54, 1.807) is 6.08 Å². The van der Waals surface area contributed by atoms with Crippen LogP contribution < -0.4 is 0 Å². The second-order valence-electron chi connectivity index (χ2n) is 3.57. The predicted octanol–water partition coefficient (Wildman–Crippen LogP) is 0.474. The van der Waals surface area contributed by atoms with Crippen molar-refractivity contribution in [1.82, 2.24) is 4.90 Å². The highest BCUT2D eigenvalue weighted by molar-refractivity contribution is 5.79. The van der Waals surface area contributed by atoms with Gasteiger partial charge in [0, 0.05) is 18.7 Å². The molecule has 0 saturated carbocycles. The largest absolute Gasteiger partial charge is 0.478 e. The van der Waals surface area contributed by atoms with Gasteiger partial charge in [-0.05, 0) is 19.4 Å². The van der Waals surface area contributed by atoms with Crippen LogP contribution in [-0.4, -0.2) is 46.8 Å². The fraction of sp³-hybridized carbons (Fsp3) is 0.700. The van der Waals surface area contributed by atoms with E-state index in [1.807, 2.05) is 0 Å². The van der Waals surface area contributed by atoms with Gasteiger partial charge in [0.1, 0.15) is 0 Å².